The van der Waals surface area contributed by atoms with Crippen LogP contribution in [0.4, 0.5) is 17.1 Å². The third kappa shape index (κ3) is 4.54. The van der Waals surface area contributed by atoms with E-state index < -0.39 is 14.9 Å². The van der Waals surface area contributed by atoms with Crippen molar-refractivity contribution in [2.45, 2.75) is 24.2 Å². The number of hydrogen-bond acceptors (Lipinski definition) is 6. The summed E-state index contributed by atoms with van der Waals surface area (Å²) in [7, 11) is -2.24. The molecule has 3 rings (SSSR count). The van der Waals surface area contributed by atoms with Crippen molar-refractivity contribution in [3.63, 3.8) is 0 Å². The van der Waals surface area contributed by atoms with Gasteiger partial charge >= 0.3 is 0 Å². The predicted octanol–water partition coefficient (Wildman–Crippen LogP) is 2.87. The van der Waals surface area contributed by atoms with Crippen LogP contribution >= 0.6 is 0 Å². The highest BCUT2D eigenvalue weighted by Crippen LogP contribution is 2.32. The summed E-state index contributed by atoms with van der Waals surface area (Å²) in [5.41, 5.74) is 0.821. The van der Waals surface area contributed by atoms with Crippen LogP contribution in [0.2, 0.25) is 0 Å². The van der Waals surface area contributed by atoms with Crippen LogP contribution in [0.25, 0.3) is 0 Å². The van der Waals surface area contributed by atoms with Crippen molar-refractivity contribution in [3.8, 4) is 0 Å². The van der Waals surface area contributed by atoms with Gasteiger partial charge in [-0.05, 0) is 49.2 Å². The van der Waals surface area contributed by atoms with E-state index >= 15 is 0 Å². The minimum absolute atomic E-state index is 0.0911. The van der Waals surface area contributed by atoms with E-state index in [1.54, 1.807) is 24.3 Å². The maximum absolute atomic E-state index is 12.8. The normalized spacial score (nSPS) is 14.9. The molecule has 1 amide bonds. The molecule has 1 aliphatic rings. The number of rotatable bonds is 6. The maximum atomic E-state index is 12.8. The van der Waals surface area contributed by atoms with Gasteiger partial charge in [-0.15, -0.1) is 0 Å². The Kier molecular flexibility index (Phi) is 6.14. The summed E-state index contributed by atoms with van der Waals surface area (Å²) >= 11 is 0. The Morgan fingerprint density at radius 1 is 1.07 bits per heavy atom. The molecule has 0 unspecified atom stereocenters. The molecule has 0 spiro atoms. The van der Waals surface area contributed by atoms with E-state index in [1.165, 1.54) is 23.5 Å². The van der Waals surface area contributed by atoms with Gasteiger partial charge in [0.15, 0.2) is 0 Å². The van der Waals surface area contributed by atoms with Gasteiger partial charge in [-0.25, -0.2) is 8.42 Å². The summed E-state index contributed by atoms with van der Waals surface area (Å²) in [4.78, 5) is 22.5. The second kappa shape index (κ2) is 8.58. The van der Waals surface area contributed by atoms with Gasteiger partial charge < -0.3 is 10.6 Å². The zero-order valence-electron chi connectivity index (χ0n) is 15.9. The third-order valence-corrected chi connectivity index (χ3v) is 6.67. The highest BCUT2D eigenvalue weighted by molar-refractivity contribution is 7.89. The first-order chi connectivity index (χ1) is 13.8. The Bertz CT molecular complexity index is 1020. The number of nitro groups is 1. The van der Waals surface area contributed by atoms with Crippen molar-refractivity contribution in [2.75, 3.05) is 25.5 Å². The molecule has 0 bridgehead atoms. The zero-order valence-corrected chi connectivity index (χ0v) is 16.7. The number of amides is 1. The third-order valence-electron chi connectivity index (χ3n) is 4.77. The molecule has 0 atom stereocenters. The van der Waals surface area contributed by atoms with Gasteiger partial charge in [-0.3, -0.25) is 14.9 Å². The van der Waals surface area contributed by atoms with E-state index in [0.29, 0.717) is 24.3 Å². The average molecular weight is 418 g/mol. The maximum Gasteiger partial charge on any atom is 0.294 e. The second-order valence-corrected chi connectivity index (χ2v) is 8.62. The molecule has 1 aliphatic heterocycles. The van der Waals surface area contributed by atoms with Crippen LogP contribution in [-0.2, 0) is 10.0 Å². The molecule has 29 heavy (non-hydrogen) atoms. The highest BCUT2D eigenvalue weighted by atomic mass is 32.2. The van der Waals surface area contributed by atoms with Crippen LogP contribution in [0, 0.1) is 10.1 Å². The van der Waals surface area contributed by atoms with Crippen LogP contribution in [0.1, 0.15) is 29.6 Å². The number of piperidine rings is 1. The summed E-state index contributed by atoms with van der Waals surface area (Å²) in [5, 5.41) is 17.0. The van der Waals surface area contributed by atoms with E-state index in [2.05, 4.69) is 10.6 Å². The highest BCUT2D eigenvalue weighted by Gasteiger charge is 2.28. The molecule has 0 radical (unpaired) electrons. The molecule has 0 aliphatic carbocycles. The molecule has 9 nitrogen and oxygen atoms in total. The van der Waals surface area contributed by atoms with E-state index in [4.69, 9.17) is 0 Å². The Balaban J connectivity index is 1.88. The summed E-state index contributed by atoms with van der Waals surface area (Å²) in [6.45, 7) is 0.849. The quantitative estimate of drug-likeness (QED) is 0.549. The van der Waals surface area contributed by atoms with E-state index in [9.17, 15) is 23.3 Å². The lowest BCUT2D eigenvalue weighted by Gasteiger charge is -2.25. The molecular weight excluding hydrogens is 396 g/mol. The number of nitrogens with zero attached hydrogens (tertiary/aromatic N) is 2. The van der Waals surface area contributed by atoms with Gasteiger partial charge in [0.1, 0.15) is 5.69 Å². The second-order valence-electron chi connectivity index (χ2n) is 6.68. The Hall–Kier alpha value is -2.98. The summed E-state index contributed by atoms with van der Waals surface area (Å²) < 4.78 is 27.0. The lowest BCUT2D eigenvalue weighted by molar-refractivity contribution is -0.384. The number of carbonyl (C=O) groups excluding carboxylic acids is 1. The topological polar surface area (TPSA) is 122 Å². The lowest BCUT2D eigenvalue weighted by Crippen LogP contribution is -2.35. The van der Waals surface area contributed by atoms with E-state index in [0.717, 1.165) is 25.3 Å². The van der Waals surface area contributed by atoms with Crippen molar-refractivity contribution in [3.05, 3.63) is 58.1 Å². The fourth-order valence-electron chi connectivity index (χ4n) is 3.19. The molecule has 154 valence electrons. The smallest absolute Gasteiger partial charge is 0.294 e. The average Bonchev–Trinajstić information content (AvgIpc) is 2.74. The predicted molar refractivity (Wildman–Crippen MR) is 109 cm³/mol. The lowest BCUT2D eigenvalue weighted by atomic mass is 10.2. The van der Waals surface area contributed by atoms with Crippen LogP contribution in [-0.4, -0.2) is 43.7 Å². The largest absolute Gasteiger partial charge is 0.355 e. The first-order valence-corrected chi connectivity index (χ1v) is 10.6. The van der Waals surface area contributed by atoms with Gasteiger partial charge in [0.05, 0.1) is 9.82 Å². The fourth-order valence-corrected chi connectivity index (χ4v) is 4.73. The monoisotopic (exact) mass is 418 g/mol. The van der Waals surface area contributed by atoms with Gasteiger partial charge in [0.25, 0.3) is 11.6 Å². The summed E-state index contributed by atoms with van der Waals surface area (Å²) in [6.07, 6.45) is 2.55. The van der Waals surface area contributed by atoms with Gasteiger partial charge in [-0.1, -0.05) is 6.42 Å². The van der Waals surface area contributed by atoms with Gasteiger partial charge in [0.2, 0.25) is 10.0 Å². The van der Waals surface area contributed by atoms with E-state index in [1.807, 2.05) is 0 Å². The first kappa shape index (κ1) is 20.7. The van der Waals surface area contributed by atoms with Crippen LogP contribution in [0.3, 0.4) is 0 Å². The van der Waals surface area contributed by atoms with Crippen molar-refractivity contribution in [1.29, 1.82) is 0 Å². The first-order valence-electron chi connectivity index (χ1n) is 9.20. The van der Waals surface area contributed by atoms with Gasteiger partial charge in [0, 0.05) is 37.5 Å². The molecule has 10 heteroatoms. The van der Waals surface area contributed by atoms with Crippen LogP contribution in [0.5, 0.6) is 0 Å². The van der Waals surface area contributed by atoms with Crippen molar-refractivity contribution < 1.29 is 18.1 Å². The van der Waals surface area contributed by atoms with Gasteiger partial charge in [-0.2, -0.15) is 4.31 Å². The van der Waals surface area contributed by atoms with Crippen molar-refractivity contribution >= 4 is 33.0 Å². The minimum Gasteiger partial charge on any atom is -0.355 e. The molecule has 0 aromatic heterocycles. The standard InChI is InChI=1S/C19H22N4O5S/c1-20-19(24)14-5-7-15(8-6-14)21-17-10-9-16(13-18(17)23(25)26)29(27,28)22-11-3-2-4-12-22/h5-10,13,21H,2-4,11-12H2,1H3,(H,20,24). The molecule has 1 saturated heterocycles. The molecule has 1 fully saturated rings. The molecule has 1 heterocycles. The van der Waals surface area contributed by atoms with Crippen LogP contribution in [0.15, 0.2) is 47.4 Å². The number of anilines is 2. The molecule has 2 aromatic rings. The Labute approximate surface area is 168 Å². The zero-order chi connectivity index (χ0) is 21.0. The fraction of sp³-hybridized carbons (Fsp3) is 0.316. The molecule has 2 N–H and O–H groups in total. The Morgan fingerprint density at radius 2 is 1.72 bits per heavy atom. The van der Waals surface area contributed by atoms with Crippen molar-refractivity contribution in [2.24, 2.45) is 0 Å². The molecule has 2 aromatic carbocycles. The van der Waals surface area contributed by atoms with Crippen molar-refractivity contribution in [1.82, 2.24) is 9.62 Å². The number of benzene rings is 2. The number of nitrogens with one attached hydrogen (secondary N) is 2. The SMILES string of the molecule is CNC(=O)c1ccc(Nc2ccc(S(=O)(=O)N3CCCCC3)cc2[N+](=O)[O-])cc1. The number of hydrogen-bond donors (Lipinski definition) is 2. The minimum atomic E-state index is -3.77. The van der Waals surface area contributed by atoms with E-state index in [-0.39, 0.29) is 22.2 Å². The molecular formula is C19H22N4O5S. The summed E-state index contributed by atoms with van der Waals surface area (Å²) in [5.74, 6) is -0.241. The van der Waals surface area contributed by atoms with Crippen LogP contribution < -0.4 is 10.6 Å². The number of nitro benzene ring substituents is 1. The molecule has 0 saturated carbocycles. The number of sulfonamides is 1. The Morgan fingerprint density at radius 3 is 2.31 bits per heavy atom. The summed E-state index contributed by atoms with van der Waals surface area (Å²) in [6, 6.07) is 10.3. The number of carbonyl (C=O) groups is 1.